The Morgan fingerprint density at radius 3 is 3.00 bits per heavy atom. The zero-order chi connectivity index (χ0) is 19.4. The maximum absolute atomic E-state index is 12.3. The molecule has 136 valence electrons. The van der Waals surface area contributed by atoms with Crippen LogP contribution in [0.4, 0.5) is 0 Å². The molecule has 0 unspecified atom stereocenters. The topological polar surface area (TPSA) is 122 Å². The van der Waals surface area contributed by atoms with E-state index in [1.807, 2.05) is 6.07 Å². The van der Waals surface area contributed by atoms with Gasteiger partial charge in [0.1, 0.15) is 24.9 Å². The molecule has 0 saturated heterocycles. The van der Waals surface area contributed by atoms with Gasteiger partial charge in [0.25, 0.3) is 5.91 Å². The minimum Gasteiger partial charge on any atom is -0.458 e. The van der Waals surface area contributed by atoms with Crippen molar-refractivity contribution in [2.75, 3.05) is 6.54 Å². The van der Waals surface area contributed by atoms with Gasteiger partial charge in [-0.15, -0.1) is 0 Å². The average molecular weight is 365 g/mol. The number of pyridine rings is 1. The van der Waals surface area contributed by atoms with E-state index in [1.165, 1.54) is 0 Å². The number of benzene rings is 1. The number of carbonyl (C=O) groups is 2. The SMILES string of the molecule is Cc1c(C(=O)NCC(=O)OCc2cccc(C#N)n2)ccc2c1B(O)OC2. The summed E-state index contributed by atoms with van der Waals surface area (Å²) >= 11 is 0. The van der Waals surface area contributed by atoms with E-state index in [4.69, 9.17) is 14.7 Å². The minimum atomic E-state index is -1.05. The average Bonchev–Trinajstić information content (AvgIpc) is 3.06. The van der Waals surface area contributed by atoms with Gasteiger partial charge in [0, 0.05) is 5.56 Å². The second-order valence-electron chi connectivity index (χ2n) is 5.94. The fraction of sp³-hybridized carbons (Fsp3) is 0.222. The van der Waals surface area contributed by atoms with Gasteiger partial charge in [-0.1, -0.05) is 12.1 Å². The van der Waals surface area contributed by atoms with Crippen LogP contribution in [0, 0.1) is 18.3 Å². The number of nitriles is 1. The van der Waals surface area contributed by atoms with Crippen molar-refractivity contribution in [3.05, 3.63) is 58.4 Å². The number of hydrogen-bond acceptors (Lipinski definition) is 7. The Labute approximate surface area is 155 Å². The first-order valence-electron chi connectivity index (χ1n) is 8.21. The maximum atomic E-state index is 12.3. The summed E-state index contributed by atoms with van der Waals surface area (Å²) in [4.78, 5) is 28.2. The molecule has 2 N–H and O–H groups in total. The number of hydrogen-bond donors (Lipinski definition) is 2. The lowest BCUT2D eigenvalue weighted by Crippen LogP contribution is -2.35. The van der Waals surface area contributed by atoms with E-state index in [9.17, 15) is 14.6 Å². The maximum Gasteiger partial charge on any atom is 0.492 e. The standard InChI is InChI=1S/C18H16BN3O5/c1-11-15(6-5-12-9-27-19(25)17(11)12)18(24)21-8-16(23)26-10-14-4-2-3-13(7-20)22-14/h2-6,25H,8-10H2,1H3,(H,21,24). The van der Waals surface area contributed by atoms with Crippen molar-refractivity contribution in [2.24, 2.45) is 0 Å². The van der Waals surface area contributed by atoms with Crippen molar-refractivity contribution in [3.8, 4) is 6.07 Å². The van der Waals surface area contributed by atoms with Gasteiger partial charge in [-0.2, -0.15) is 5.26 Å². The number of nitrogens with one attached hydrogen (secondary N) is 1. The van der Waals surface area contributed by atoms with Crippen LogP contribution < -0.4 is 10.8 Å². The molecule has 1 aromatic carbocycles. The summed E-state index contributed by atoms with van der Waals surface area (Å²) in [7, 11) is -1.05. The highest BCUT2D eigenvalue weighted by atomic mass is 16.5. The van der Waals surface area contributed by atoms with Crippen LogP contribution in [-0.4, -0.2) is 35.5 Å². The highest BCUT2D eigenvalue weighted by Gasteiger charge is 2.31. The normalized spacial score (nSPS) is 12.3. The number of rotatable bonds is 5. The molecule has 0 fully saturated rings. The monoisotopic (exact) mass is 365 g/mol. The Bertz CT molecular complexity index is 941. The molecule has 9 heteroatoms. The van der Waals surface area contributed by atoms with Crippen LogP contribution in [0.1, 0.15) is 32.9 Å². The Balaban J connectivity index is 1.55. The smallest absolute Gasteiger partial charge is 0.458 e. The van der Waals surface area contributed by atoms with Gasteiger partial charge < -0.3 is 19.7 Å². The number of amides is 1. The van der Waals surface area contributed by atoms with E-state index in [2.05, 4.69) is 10.3 Å². The van der Waals surface area contributed by atoms with Gasteiger partial charge in [0.15, 0.2) is 0 Å². The Kier molecular flexibility index (Phi) is 5.50. The van der Waals surface area contributed by atoms with E-state index in [0.29, 0.717) is 28.9 Å². The first-order valence-corrected chi connectivity index (χ1v) is 8.21. The third kappa shape index (κ3) is 4.14. The third-order valence-electron chi connectivity index (χ3n) is 4.19. The number of esters is 1. The van der Waals surface area contributed by atoms with Crippen LogP contribution in [0.25, 0.3) is 0 Å². The van der Waals surface area contributed by atoms with Crippen molar-refractivity contribution >= 4 is 24.5 Å². The predicted molar refractivity (Wildman–Crippen MR) is 94.7 cm³/mol. The molecular weight excluding hydrogens is 349 g/mol. The fourth-order valence-corrected chi connectivity index (χ4v) is 2.83. The molecule has 1 aliphatic rings. The number of fused-ring (bicyclic) bond motifs is 1. The molecule has 0 atom stereocenters. The van der Waals surface area contributed by atoms with Crippen LogP contribution in [-0.2, 0) is 27.4 Å². The van der Waals surface area contributed by atoms with Crippen LogP contribution in [0.2, 0.25) is 0 Å². The lowest BCUT2D eigenvalue weighted by molar-refractivity contribution is -0.143. The summed E-state index contributed by atoms with van der Waals surface area (Å²) in [5.41, 5.74) is 3.07. The molecule has 0 radical (unpaired) electrons. The molecule has 2 heterocycles. The van der Waals surface area contributed by atoms with Gasteiger partial charge in [0.05, 0.1) is 12.3 Å². The molecule has 0 bridgehead atoms. The third-order valence-corrected chi connectivity index (χ3v) is 4.19. The lowest BCUT2D eigenvalue weighted by Gasteiger charge is -2.11. The summed E-state index contributed by atoms with van der Waals surface area (Å²) in [6.45, 7) is 1.61. The minimum absolute atomic E-state index is 0.0916. The second kappa shape index (κ2) is 7.99. The summed E-state index contributed by atoms with van der Waals surface area (Å²) in [5, 5.41) is 21.1. The zero-order valence-electron chi connectivity index (χ0n) is 14.6. The highest BCUT2D eigenvalue weighted by molar-refractivity contribution is 6.62. The predicted octanol–water partition coefficient (Wildman–Crippen LogP) is -0.0474. The van der Waals surface area contributed by atoms with Gasteiger partial charge in [-0.05, 0) is 41.7 Å². The van der Waals surface area contributed by atoms with Crippen molar-refractivity contribution in [2.45, 2.75) is 20.1 Å². The molecule has 8 nitrogen and oxygen atoms in total. The molecule has 1 aromatic heterocycles. The Morgan fingerprint density at radius 1 is 1.41 bits per heavy atom. The van der Waals surface area contributed by atoms with Crippen molar-refractivity contribution in [1.29, 1.82) is 5.26 Å². The van der Waals surface area contributed by atoms with Crippen LogP contribution in [0.5, 0.6) is 0 Å². The molecule has 27 heavy (non-hydrogen) atoms. The molecule has 2 aromatic rings. The summed E-state index contributed by atoms with van der Waals surface area (Å²) in [6.07, 6.45) is 0. The van der Waals surface area contributed by atoms with Crippen molar-refractivity contribution < 1.29 is 24.0 Å². The zero-order valence-corrected chi connectivity index (χ0v) is 14.6. The Hall–Kier alpha value is -3.22. The molecule has 1 aliphatic heterocycles. The van der Waals surface area contributed by atoms with Gasteiger partial charge in [0.2, 0.25) is 0 Å². The molecule has 1 amide bonds. The second-order valence-corrected chi connectivity index (χ2v) is 5.94. The number of aromatic nitrogens is 1. The quantitative estimate of drug-likeness (QED) is 0.563. The lowest BCUT2D eigenvalue weighted by atomic mass is 9.75. The fourth-order valence-electron chi connectivity index (χ4n) is 2.83. The Morgan fingerprint density at radius 2 is 2.22 bits per heavy atom. The van der Waals surface area contributed by atoms with E-state index in [0.717, 1.165) is 5.56 Å². The number of ether oxygens (including phenoxy) is 1. The summed E-state index contributed by atoms with van der Waals surface area (Å²) < 4.78 is 10.2. The van der Waals surface area contributed by atoms with E-state index >= 15 is 0 Å². The van der Waals surface area contributed by atoms with E-state index in [1.54, 1.807) is 37.3 Å². The molecule has 0 saturated carbocycles. The van der Waals surface area contributed by atoms with E-state index in [-0.39, 0.29) is 18.8 Å². The summed E-state index contributed by atoms with van der Waals surface area (Å²) in [5.74, 6) is -1.08. The first kappa shape index (κ1) is 18.6. The van der Waals surface area contributed by atoms with Crippen molar-refractivity contribution in [3.63, 3.8) is 0 Å². The van der Waals surface area contributed by atoms with Crippen molar-refractivity contribution in [1.82, 2.24) is 10.3 Å². The van der Waals surface area contributed by atoms with E-state index < -0.39 is 19.0 Å². The largest absolute Gasteiger partial charge is 0.492 e. The molecule has 0 aliphatic carbocycles. The molecular formula is C18H16BN3O5. The molecule has 3 rings (SSSR count). The number of carbonyl (C=O) groups excluding carboxylic acids is 2. The van der Waals surface area contributed by atoms with Crippen LogP contribution in [0.15, 0.2) is 30.3 Å². The number of nitrogens with zero attached hydrogens (tertiary/aromatic N) is 2. The van der Waals surface area contributed by atoms with Gasteiger partial charge in [-0.3, -0.25) is 9.59 Å². The van der Waals surface area contributed by atoms with Crippen LogP contribution in [0.3, 0.4) is 0 Å². The first-order chi connectivity index (χ1) is 13.0. The summed E-state index contributed by atoms with van der Waals surface area (Å²) in [6, 6.07) is 10.1. The van der Waals surface area contributed by atoms with Crippen LogP contribution >= 0.6 is 0 Å². The molecule has 0 spiro atoms. The van der Waals surface area contributed by atoms with Gasteiger partial charge >= 0.3 is 13.1 Å². The highest BCUT2D eigenvalue weighted by Crippen LogP contribution is 2.16. The van der Waals surface area contributed by atoms with Gasteiger partial charge in [-0.25, -0.2) is 4.98 Å².